The van der Waals surface area contributed by atoms with Crippen LogP contribution in [0.4, 0.5) is 0 Å². The Kier molecular flexibility index (Phi) is 3.78. The summed E-state index contributed by atoms with van der Waals surface area (Å²) < 4.78 is 7.44. The molecule has 0 radical (unpaired) electrons. The number of thiazole rings is 1. The molecular weight excluding hydrogens is 306 g/mol. The summed E-state index contributed by atoms with van der Waals surface area (Å²) in [4.78, 5) is 34.0. The van der Waals surface area contributed by atoms with Gasteiger partial charge in [0.1, 0.15) is 11.3 Å². The molecule has 3 aromatic rings. The maximum absolute atomic E-state index is 12.5. The fourth-order valence-electron chi connectivity index (χ4n) is 2.06. The van der Waals surface area contributed by atoms with Crippen molar-refractivity contribution in [2.75, 3.05) is 13.7 Å². The Hall–Kier alpha value is -2.45. The number of fused-ring (bicyclic) bond motifs is 3. The number of nitrogens with one attached hydrogen (secondary N) is 1. The monoisotopic (exact) mass is 319 g/mol. The second kappa shape index (κ2) is 5.74. The highest BCUT2D eigenvalue weighted by molar-refractivity contribution is 7.23. The summed E-state index contributed by atoms with van der Waals surface area (Å²) >= 11 is 1.35. The van der Waals surface area contributed by atoms with Crippen LogP contribution in [-0.4, -0.2) is 29.0 Å². The number of aromatic nitrogens is 2. The van der Waals surface area contributed by atoms with Gasteiger partial charge in [-0.15, -0.1) is 0 Å². The van der Waals surface area contributed by atoms with Crippen LogP contribution in [0.25, 0.3) is 15.2 Å². The van der Waals surface area contributed by atoms with Gasteiger partial charge >= 0.3 is 0 Å². The van der Waals surface area contributed by atoms with Crippen LogP contribution >= 0.6 is 11.3 Å². The normalized spacial score (nSPS) is 11.0. The number of hydrogen-bond acceptors (Lipinski definition) is 6. The Morgan fingerprint density at radius 1 is 1.45 bits per heavy atom. The Morgan fingerprint density at radius 2 is 2.27 bits per heavy atom. The van der Waals surface area contributed by atoms with Crippen molar-refractivity contribution >= 4 is 32.4 Å². The van der Waals surface area contributed by atoms with Crippen LogP contribution in [0.1, 0.15) is 17.3 Å². The number of hydrogen-bond donors (Lipinski definition) is 1. The van der Waals surface area contributed by atoms with E-state index in [9.17, 15) is 9.59 Å². The van der Waals surface area contributed by atoms with E-state index in [2.05, 4.69) is 10.5 Å². The van der Waals surface area contributed by atoms with Gasteiger partial charge in [-0.25, -0.2) is 10.5 Å². The van der Waals surface area contributed by atoms with Crippen LogP contribution in [0.2, 0.25) is 0 Å². The Bertz CT molecular complexity index is 915. The van der Waals surface area contributed by atoms with E-state index in [1.165, 1.54) is 21.9 Å². The maximum atomic E-state index is 12.5. The molecule has 1 aromatic carbocycles. The second-order valence-electron chi connectivity index (χ2n) is 4.39. The van der Waals surface area contributed by atoms with Gasteiger partial charge in [-0.3, -0.25) is 18.8 Å². The third-order valence-electron chi connectivity index (χ3n) is 3.09. The van der Waals surface area contributed by atoms with Gasteiger partial charge in [0.25, 0.3) is 11.5 Å². The molecule has 114 valence electrons. The second-order valence-corrected chi connectivity index (χ2v) is 5.40. The third-order valence-corrected chi connectivity index (χ3v) is 4.11. The van der Waals surface area contributed by atoms with Gasteiger partial charge in [0.15, 0.2) is 4.96 Å². The number of ether oxygens (including phenoxy) is 1. The number of amides is 1. The molecule has 2 aromatic heterocycles. The lowest BCUT2D eigenvalue weighted by molar-refractivity contribution is 0.0362. The zero-order valence-electron chi connectivity index (χ0n) is 12.0. The van der Waals surface area contributed by atoms with E-state index >= 15 is 0 Å². The highest BCUT2D eigenvalue weighted by Crippen LogP contribution is 2.27. The van der Waals surface area contributed by atoms with Gasteiger partial charge in [0.2, 0.25) is 0 Å². The average molecular weight is 319 g/mol. The Balaban J connectivity index is 2.19. The molecule has 2 heterocycles. The third kappa shape index (κ3) is 2.32. The zero-order valence-corrected chi connectivity index (χ0v) is 12.8. The molecule has 0 bridgehead atoms. The molecule has 0 aliphatic heterocycles. The molecule has 0 spiro atoms. The van der Waals surface area contributed by atoms with E-state index in [1.807, 2.05) is 6.07 Å². The van der Waals surface area contributed by atoms with Gasteiger partial charge in [-0.2, -0.15) is 0 Å². The van der Waals surface area contributed by atoms with E-state index in [4.69, 9.17) is 9.57 Å². The van der Waals surface area contributed by atoms with Crippen molar-refractivity contribution in [2.45, 2.75) is 6.92 Å². The van der Waals surface area contributed by atoms with Crippen LogP contribution in [0.5, 0.6) is 5.75 Å². The number of methoxy groups -OCH3 is 1. The number of hydroxylamine groups is 1. The molecule has 0 fully saturated rings. The first-order chi connectivity index (χ1) is 10.7. The van der Waals surface area contributed by atoms with Gasteiger partial charge < -0.3 is 4.74 Å². The molecule has 8 heteroatoms. The fraction of sp³-hybridized carbons (Fsp3) is 0.214. The van der Waals surface area contributed by atoms with E-state index in [0.717, 1.165) is 4.70 Å². The summed E-state index contributed by atoms with van der Waals surface area (Å²) in [6.07, 6.45) is 1.26. The first-order valence-corrected chi connectivity index (χ1v) is 7.37. The number of rotatable bonds is 4. The van der Waals surface area contributed by atoms with E-state index < -0.39 is 11.5 Å². The minimum atomic E-state index is -0.610. The van der Waals surface area contributed by atoms with E-state index in [1.54, 1.807) is 26.2 Å². The molecular formula is C14H13N3O4S. The van der Waals surface area contributed by atoms with Crippen LogP contribution in [0.15, 0.2) is 29.2 Å². The summed E-state index contributed by atoms with van der Waals surface area (Å²) in [7, 11) is 1.58. The molecule has 0 aliphatic carbocycles. The van der Waals surface area contributed by atoms with Crippen molar-refractivity contribution in [3.8, 4) is 5.75 Å². The number of benzene rings is 1. The molecule has 22 heavy (non-hydrogen) atoms. The van der Waals surface area contributed by atoms with Crippen molar-refractivity contribution in [3.05, 3.63) is 40.3 Å². The number of nitrogens with zero attached hydrogens (tertiary/aromatic N) is 2. The van der Waals surface area contributed by atoms with E-state index in [-0.39, 0.29) is 5.56 Å². The van der Waals surface area contributed by atoms with Crippen LogP contribution in [0.3, 0.4) is 0 Å². The van der Waals surface area contributed by atoms with E-state index in [0.29, 0.717) is 22.8 Å². The van der Waals surface area contributed by atoms with Crippen molar-refractivity contribution in [1.82, 2.24) is 14.9 Å². The SMILES string of the molecule is CCONC(=O)c1cnc2sc3cc(OC)ccc3n2c1=O. The highest BCUT2D eigenvalue weighted by Gasteiger charge is 2.16. The summed E-state index contributed by atoms with van der Waals surface area (Å²) in [5.41, 5.74) is 2.39. The molecule has 1 amide bonds. The smallest absolute Gasteiger partial charge is 0.282 e. The number of carbonyl (C=O) groups excluding carboxylic acids is 1. The molecule has 7 nitrogen and oxygen atoms in total. The quantitative estimate of drug-likeness (QED) is 0.739. The maximum Gasteiger partial charge on any atom is 0.282 e. The van der Waals surface area contributed by atoms with Crippen molar-refractivity contribution in [2.24, 2.45) is 0 Å². The van der Waals surface area contributed by atoms with Gasteiger partial charge in [0.05, 0.1) is 23.9 Å². The summed E-state index contributed by atoms with van der Waals surface area (Å²) in [5, 5.41) is 0. The summed E-state index contributed by atoms with van der Waals surface area (Å²) in [6, 6.07) is 5.35. The number of carbonyl (C=O) groups is 1. The van der Waals surface area contributed by atoms with Gasteiger partial charge in [-0.05, 0) is 25.1 Å². The largest absolute Gasteiger partial charge is 0.497 e. The van der Waals surface area contributed by atoms with Crippen LogP contribution in [0, 0.1) is 0 Å². The molecule has 0 saturated carbocycles. The summed E-state index contributed by atoms with van der Waals surface area (Å²) in [6.45, 7) is 2.04. The van der Waals surface area contributed by atoms with Crippen molar-refractivity contribution in [1.29, 1.82) is 0 Å². The predicted octanol–water partition coefficient (Wildman–Crippen LogP) is 1.60. The molecule has 0 unspecified atom stereocenters. The Labute approximate surface area is 129 Å². The molecule has 0 aliphatic rings. The standard InChI is InChI=1S/C14H13N3O4S/c1-3-21-16-12(18)9-7-15-14-17(13(9)19)10-5-4-8(20-2)6-11(10)22-14/h4-7H,3H2,1-2H3,(H,16,18). The first-order valence-electron chi connectivity index (χ1n) is 6.56. The molecule has 0 atom stereocenters. The van der Waals surface area contributed by atoms with Crippen molar-refractivity contribution < 1.29 is 14.4 Å². The van der Waals surface area contributed by atoms with Gasteiger partial charge in [-0.1, -0.05) is 11.3 Å². The molecule has 1 N–H and O–H groups in total. The zero-order chi connectivity index (χ0) is 15.7. The average Bonchev–Trinajstić information content (AvgIpc) is 2.91. The van der Waals surface area contributed by atoms with Gasteiger partial charge in [0, 0.05) is 6.20 Å². The van der Waals surface area contributed by atoms with Crippen LogP contribution < -0.4 is 15.8 Å². The lowest BCUT2D eigenvalue weighted by atomic mass is 10.3. The fourth-order valence-corrected chi connectivity index (χ4v) is 3.07. The highest BCUT2D eigenvalue weighted by atomic mass is 32.1. The predicted molar refractivity (Wildman–Crippen MR) is 82.5 cm³/mol. The molecule has 3 rings (SSSR count). The van der Waals surface area contributed by atoms with Crippen LogP contribution in [-0.2, 0) is 4.84 Å². The lowest BCUT2D eigenvalue weighted by Crippen LogP contribution is -2.31. The Morgan fingerprint density at radius 3 is 3.00 bits per heavy atom. The lowest BCUT2D eigenvalue weighted by Gasteiger charge is -2.03. The molecule has 0 saturated heterocycles. The van der Waals surface area contributed by atoms with Crippen molar-refractivity contribution in [3.63, 3.8) is 0 Å². The first kappa shape index (κ1) is 14.5. The summed E-state index contributed by atoms with van der Waals surface area (Å²) in [5.74, 6) is 0.0861. The topological polar surface area (TPSA) is 81.9 Å². The minimum Gasteiger partial charge on any atom is -0.497 e. The minimum absolute atomic E-state index is 0.0681.